The molecule has 116 valence electrons. The molecule has 0 fully saturated rings. The predicted molar refractivity (Wildman–Crippen MR) is 72.6 cm³/mol. The molecular weight excluding hydrogens is 299 g/mol. The smallest absolute Gasteiger partial charge is 0.416 e. The van der Waals surface area contributed by atoms with Gasteiger partial charge in [-0.2, -0.15) is 13.2 Å². The Hall–Kier alpha value is -2.57. The monoisotopic (exact) mass is 311 g/mol. The maximum absolute atomic E-state index is 12.5. The zero-order valence-corrected chi connectivity index (χ0v) is 11.5. The van der Waals surface area contributed by atoms with E-state index >= 15 is 0 Å². The molecule has 0 aliphatic rings. The van der Waals surface area contributed by atoms with Gasteiger partial charge in [0.15, 0.2) is 0 Å². The molecule has 1 aromatic carbocycles. The molecular formula is C15H12F3NO3. The van der Waals surface area contributed by atoms with Crippen molar-refractivity contribution in [3.05, 3.63) is 47.7 Å². The van der Waals surface area contributed by atoms with Crippen molar-refractivity contribution in [3.63, 3.8) is 0 Å². The van der Waals surface area contributed by atoms with Gasteiger partial charge in [-0.05, 0) is 29.8 Å². The summed E-state index contributed by atoms with van der Waals surface area (Å²) in [7, 11) is 1.36. The van der Waals surface area contributed by atoms with Gasteiger partial charge in [0, 0.05) is 5.56 Å². The SMILES string of the molecule is COc1nc(CC(=O)O)ccc1-c1ccc(C(F)(F)F)cc1. The number of halogens is 3. The van der Waals surface area contributed by atoms with Crippen LogP contribution >= 0.6 is 0 Å². The third kappa shape index (κ3) is 3.55. The Morgan fingerprint density at radius 2 is 1.82 bits per heavy atom. The molecule has 1 N–H and O–H groups in total. The minimum Gasteiger partial charge on any atom is -0.481 e. The fourth-order valence-corrected chi connectivity index (χ4v) is 1.95. The normalized spacial score (nSPS) is 11.3. The Labute approximate surface area is 124 Å². The molecule has 2 aromatic rings. The Kier molecular flexibility index (Phi) is 4.35. The van der Waals surface area contributed by atoms with Crippen LogP contribution in [0.3, 0.4) is 0 Å². The second-order valence-corrected chi connectivity index (χ2v) is 4.51. The van der Waals surface area contributed by atoms with Crippen molar-refractivity contribution in [2.45, 2.75) is 12.6 Å². The number of nitrogens with zero attached hydrogens (tertiary/aromatic N) is 1. The van der Waals surface area contributed by atoms with Crippen molar-refractivity contribution >= 4 is 5.97 Å². The highest BCUT2D eigenvalue weighted by Gasteiger charge is 2.30. The van der Waals surface area contributed by atoms with Crippen molar-refractivity contribution < 1.29 is 27.8 Å². The number of aliphatic carboxylic acids is 1. The molecule has 22 heavy (non-hydrogen) atoms. The largest absolute Gasteiger partial charge is 0.481 e. The van der Waals surface area contributed by atoms with E-state index in [-0.39, 0.29) is 12.3 Å². The van der Waals surface area contributed by atoms with Gasteiger partial charge in [0.05, 0.1) is 24.8 Å². The van der Waals surface area contributed by atoms with E-state index in [2.05, 4.69) is 4.98 Å². The Balaban J connectivity index is 2.37. The van der Waals surface area contributed by atoms with E-state index < -0.39 is 17.7 Å². The molecule has 0 unspecified atom stereocenters. The third-order valence-corrected chi connectivity index (χ3v) is 2.97. The van der Waals surface area contributed by atoms with Gasteiger partial charge in [0.2, 0.25) is 5.88 Å². The van der Waals surface area contributed by atoms with Crippen LogP contribution in [-0.2, 0) is 17.4 Å². The van der Waals surface area contributed by atoms with Gasteiger partial charge >= 0.3 is 12.1 Å². The van der Waals surface area contributed by atoms with Crippen molar-refractivity contribution in [3.8, 4) is 17.0 Å². The first kappa shape index (κ1) is 15.8. The first-order valence-electron chi connectivity index (χ1n) is 6.24. The van der Waals surface area contributed by atoms with Crippen LogP contribution in [0, 0.1) is 0 Å². The molecule has 0 amide bonds. The molecule has 0 aliphatic carbocycles. The number of benzene rings is 1. The molecule has 1 heterocycles. The number of carbonyl (C=O) groups is 1. The van der Waals surface area contributed by atoms with Crippen LogP contribution in [0.15, 0.2) is 36.4 Å². The quantitative estimate of drug-likeness (QED) is 0.940. The number of pyridine rings is 1. The van der Waals surface area contributed by atoms with E-state index in [0.717, 1.165) is 12.1 Å². The van der Waals surface area contributed by atoms with Crippen LogP contribution in [0.4, 0.5) is 13.2 Å². The first-order chi connectivity index (χ1) is 10.3. The van der Waals surface area contributed by atoms with E-state index in [9.17, 15) is 18.0 Å². The zero-order valence-electron chi connectivity index (χ0n) is 11.5. The maximum atomic E-state index is 12.5. The summed E-state index contributed by atoms with van der Waals surface area (Å²) < 4.78 is 42.7. The standard InChI is InChI=1S/C15H12F3NO3/c1-22-14-12(7-6-11(19-14)8-13(20)21)9-2-4-10(5-3-9)15(16,17)18/h2-7H,8H2,1H3,(H,20,21). The van der Waals surface area contributed by atoms with E-state index in [4.69, 9.17) is 9.84 Å². The molecule has 2 rings (SSSR count). The highest BCUT2D eigenvalue weighted by molar-refractivity contribution is 5.72. The highest BCUT2D eigenvalue weighted by atomic mass is 19.4. The maximum Gasteiger partial charge on any atom is 0.416 e. The van der Waals surface area contributed by atoms with E-state index in [1.165, 1.54) is 25.3 Å². The summed E-state index contributed by atoms with van der Waals surface area (Å²) in [4.78, 5) is 14.7. The van der Waals surface area contributed by atoms with Crippen LogP contribution < -0.4 is 4.74 Å². The Bertz CT molecular complexity index is 681. The second-order valence-electron chi connectivity index (χ2n) is 4.51. The first-order valence-corrected chi connectivity index (χ1v) is 6.24. The van der Waals surface area contributed by atoms with Crippen LogP contribution in [0.2, 0.25) is 0 Å². The predicted octanol–water partition coefficient (Wildman–Crippen LogP) is 3.40. The number of rotatable bonds is 4. The highest BCUT2D eigenvalue weighted by Crippen LogP contribution is 2.33. The molecule has 0 saturated heterocycles. The van der Waals surface area contributed by atoms with Gasteiger partial charge in [-0.3, -0.25) is 4.79 Å². The Morgan fingerprint density at radius 3 is 2.32 bits per heavy atom. The number of carboxylic acids is 1. The van der Waals surface area contributed by atoms with Crippen molar-refractivity contribution in [1.82, 2.24) is 4.98 Å². The lowest BCUT2D eigenvalue weighted by atomic mass is 10.0. The summed E-state index contributed by atoms with van der Waals surface area (Å²) in [6.45, 7) is 0. The lowest BCUT2D eigenvalue weighted by Gasteiger charge is -2.11. The summed E-state index contributed by atoms with van der Waals surface area (Å²) in [6, 6.07) is 7.66. The molecule has 7 heteroatoms. The molecule has 0 bridgehead atoms. The number of alkyl halides is 3. The molecule has 4 nitrogen and oxygen atoms in total. The van der Waals surface area contributed by atoms with Gasteiger partial charge in [-0.15, -0.1) is 0 Å². The van der Waals surface area contributed by atoms with Crippen LogP contribution in [0.5, 0.6) is 5.88 Å². The molecule has 0 aliphatic heterocycles. The van der Waals surface area contributed by atoms with Crippen LogP contribution in [0.1, 0.15) is 11.3 Å². The number of hydrogen-bond donors (Lipinski definition) is 1. The summed E-state index contributed by atoms with van der Waals surface area (Å²) in [5.41, 5.74) is 0.551. The fraction of sp³-hybridized carbons (Fsp3) is 0.200. The average molecular weight is 311 g/mol. The number of carboxylic acid groups (broad SMARTS) is 1. The molecule has 1 aromatic heterocycles. The minimum atomic E-state index is -4.40. The summed E-state index contributed by atoms with van der Waals surface area (Å²) >= 11 is 0. The number of aromatic nitrogens is 1. The summed E-state index contributed by atoms with van der Waals surface area (Å²) in [5, 5.41) is 8.74. The fourth-order valence-electron chi connectivity index (χ4n) is 1.95. The van der Waals surface area contributed by atoms with Gasteiger partial charge in [0.1, 0.15) is 0 Å². The van der Waals surface area contributed by atoms with Gasteiger partial charge in [-0.25, -0.2) is 4.98 Å². The summed E-state index contributed by atoms with van der Waals surface area (Å²) in [6.07, 6.45) is -4.66. The number of hydrogen-bond acceptors (Lipinski definition) is 3. The number of methoxy groups -OCH3 is 1. The topological polar surface area (TPSA) is 59.4 Å². The second kappa shape index (κ2) is 6.05. The lowest BCUT2D eigenvalue weighted by molar-refractivity contribution is -0.138. The lowest BCUT2D eigenvalue weighted by Crippen LogP contribution is -2.05. The molecule has 0 radical (unpaired) electrons. The van der Waals surface area contributed by atoms with E-state index in [1.807, 2.05) is 0 Å². The van der Waals surface area contributed by atoms with E-state index in [1.54, 1.807) is 6.07 Å². The van der Waals surface area contributed by atoms with Crippen molar-refractivity contribution in [2.24, 2.45) is 0 Å². The average Bonchev–Trinajstić information content (AvgIpc) is 2.45. The van der Waals surface area contributed by atoms with Crippen molar-refractivity contribution in [2.75, 3.05) is 7.11 Å². The van der Waals surface area contributed by atoms with Crippen LogP contribution in [-0.4, -0.2) is 23.2 Å². The molecule has 0 saturated carbocycles. The van der Waals surface area contributed by atoms with Crippen molar-refractivity contribution in [1.29, 1.82) is 0 Å². The number of ether oxygens (including phenoxy) is 1. The van der Waals surface area contributed by atoms with Gasteiger partial charge in [-0.1, -0.05) is 12.1 Å². The summed E-state index contributed by atoms with van der Waals surface area (Å²) in [5.74, 6) is -0.865. The van der Waals surface area contributed by atoms with E-state index in [0.29, 0.717) is 16.8 Å². The van der Waals surface area contributed by atoms with Gasteiger partial charge in [0.25, 0.3) is 0 Å². The van der Waals surface area contributed by atoms with Gasteiger partial charge < -0.3 is 9.84 Å². The zero-order chi connectivity index (χ0) is 16.3. The van der Waals surface area contributed by atoms with Crippen LogP contribution in [0.25, 0.3) is 11.1 Å². The molecule has 0 atom stereocenters. The Morgan fingerprint density at radius 1 is 1.18 bits per heavy atom. The third-order valence-electron chi connectivity index (χ3n) is 2.97. The minimum absolute atomic E-state index is 0.165. The molecule has 0 spiro atoms.